The molecule has 0 aliphatic carbocycles. The smallest absolute Gasteiger partial charge is 0.254 e. The Balaban J connectivity index is 1.10. The number of carbonyl (C=O) groups excluding carboxylic acids is 2. The third kappa shape index (κ3) is 4.66. The summed E-state index contributed by atoms with van der Waals surface area (Å²) in [6.07, 6.45) is 0.854. The Morgan fingerprint density at radius 1 is 0.727 bits per heavy atom. The number of benzene rings is 3. The Hall–Kier alpha value is -3.51. The molecular formula is C27H26FN3O2. The summed E-state index contributed by atoms with van der Waals surface area (Å²) < 4.78 is 13.4. The number of nitrogens with one attached hydrogen (secondary N) is 1. The highest BCUT2D eigenvalue weighted by Crippen LogP contribution is 2.22. The molecule has 2 saturated heterocycles. The second-order valence-corrected chi connectivity index (χ2v) is 8.76. The molecule has 0 bridgehead atoms. The molecule has 2 heterocycles. The lowest BCUT2D eigenvalue weighted by molar-refractivity contribution is 0.0552. The summed E-state index contributed by atoms with van der Waals surface area (Å²) in [5.41, 5.74) is 3.30. The summed E-state index contributed by atoms with van der Waals surface area (Å²) in [6, 6.07) is 24.1. The predicted octanol–water partition coefficient (Wildman–Crippen LogP) is 3.82. The fourth-order valence-corrected chi connectivity index (χ4v) is 4.59. The first kappa shape index (κ1) is 21.3. The number of halogens is 1. The van der Waals surface area contributed by atoms with E-state index in [0.717, 1.165) is 17.5 Å². The number of hydrogen-bond acceptors (Lipinski definition) is 3. The lowest BCUT2D eigenvalue weighted by Crippen LogP contribution is -2.62. The van der Waals surface area contributed by atoms with Gasteiger partial charge in [0, 0.05) is 49.4 Å². The van der Waals surface area contributed by atoms with E-state index in [4.69, 9.17) is 0 Å². The van der Waals surface area contributed by atoms with Crippen molar-refractivity contribution in [1.82, 2.24) is 15.1 Å². The molecule has 0 radical (unpaired) electrons. The largest absolute Gasteiger partial charge is 0.337 e. The van der Waals surface area contributed by atoms with Gasteiger partial charge in [0.1, 0.15) is 5.82 Å². The van der Waals surface area contributed by atoms with E-state index in [9.17, 15) is 14.0 Å². The minimum absolute atomic E-state index is 0.0435. The van der Waals surface area contributed by atoms with Gasteiger partial charge in [-0.1, -0.05) is 48.5 Å². The zero-order chi connectivity index (χ0) is 22.8. The third-order valence-electron chi connectivity index (χ3n) is 6.43. The summed E-state index contributed by atoms with van der Waals surface area (Å²) in [5.74, 6) is -0.492. The van der Waals surface area contributed by atoms with Crippen molar-refractivity contribution in [3.8, 4) is 11.1 Å². The van der Waals surface area contributed by atoms with Gasteiger partial charge < -0.3 is 15.1 Å². The quantitative estimate of drug-likeness (QED) is 0.652. The molecule has 6 heteroatoms. The zero-order valence-corrected chi connectivity index (χ0v) is 18.3. The van der Waals surface area contributed by atoms with Crippen LogP contribution in [0, 0.1) is 5.82 Å². The maximum atomic E-state index is 13.4. The third-order valence-corrected chi connectivity index (χ3v) is 6.43. The van der Waals surface area contributed by atoms with Crippen LogP contribution in [0.25, 0.3) is 11.1 Å². The Morgan fingerprint density at radius 2 is 1.39 bits per heavy atom. The Kier molecular flexibility index (Phi) is 5.92. The van der Waals surface area contributed by atoms with Gasteiger partial charge >= 0.3 is 0 Å². The maximum absolute atomic E-state index is 13.4. The van der Waals surface area contributed by atoms with Gasteiger partial charge in [-0.3, -0.25) is 9.59 Å². The van der Waals surface area contributed by atoms with Gasteiger partial charge in [0.15, 0.2) is 0 Å². The lowest BCUT2D eigenvalue weighted by Gasteiger charge is -2.41. The summed E-state index contributed by atoms with van der Waals surface area (Å²) in [4.78, 5) is 29.0. The number of rotatable bonds is 5. The number of carbonyl (C=O) groups is 2. The second kappa shape index (κ2) is 9.16. The van der Waals surface area contributed by atoms with E-state index in [-0.39, 0.29) is 23.9 Å². The van der Waals surface area contributed by atoms with Crippen LogP contribution >= 0.6 is 0 Å². The molecule has 33 heavy (non-hydrogen) atoms. The molecule has 3 aromatic rings. The molecule has 0 saturated carbocycles. The van der Waals surface area contributed by atoms with E-state index in [2.05, 4.69) is 17.4 Å². The van der Waals surface area contributed by atoms with Crippen LogP contribution in [-0.4, -0.2) is 59.9 Å². The average molecular weight is 444 g/mol. The second-order valence-electron chi connectivity index (χ2n) is 8.76. The zero-order valence-electron chi connectivity index (χ0n) is 18.3. The maximum Gasteiger partial charge on any atom is 0.254 e. The van der Waals surface area contributed by atoms with E-state index in [0.29, 0.717) is 37.3 Å². The highest BCUT2D eigenvalue weighted by molar-refractivity contribution is 5.95. The van der Waals surface area contributed by atoms with Crippen LogP contribution in [0.3, 0.4) is 0 Å². The van der Waals surface area contributed by atoms with Gasteiger partial charge in [0.25, 0.3) is 11.8 Å². The number of hydrogen-bond donors (Lipinski definition) is 1. The van der Waals surface area contributed by atoms with Crippen LogP contribution in [0.15, 0.2) is 78.9 Å². The van der Waals surface area contributed by atoms with Crippen LogP contribution in [0.1, 0.15) is 27.1 Å². The Labute approximate surface area is 192 Å². The SMILES string of the molecule is O=C(c1cccc(F)c1)N1CCC(NC2CN(C(=O)c3ccc(-c4ccccc4)cc3)C2)C1. The molecule has 3 aromatic carbocycles. The predicted molar refractivity (Wildman–Crippen MR) is 125 cm³/mol. The van der Waals surface area contributed by atoms with Crippen molar-refractivity contribution in [2.75, 3.05) is 26.2 Å². The van der Waals surface area contributed by atoms with Crippen molar-refractivity contribution in [2.24, 2.45) is 0 Å². The van der Waals surface area contributed by atoms with Gasteiger partial charge in [0.2, 0.25) is 0 Å². The molecule has 2 amide bonds. The Bertz CT molecular complexity index is 1140. The van der Waals surface area contributed by atoms with E-state index in [1.807, 2.05) is 47.4 Å². The first-order valence-corrected chi connectivity index (χ1v) is 11.3. The van der Waals surface area contributed by atoms with Crippen molar-refractivity contribution >= 4 is 11.8 Å². The van der Waals surface area contributed by atoms with Gasteiger partial charge in [-0.15, -0.1) is 0 Å². The number of nitrogens with zero attached hydrogens (tertiary/aromatic N) is 2. The molecule has 2 aliphatic heterocycles. The summed E-state index contributed by atoms with van der Waals surface area (Å²) in [6.45, 7) is 2.57. The molecule has 1 atom stereocenters. The van der Waals surface area contributed by atoms with E-state index < -0.39 is 5.82 Å². The van der Waals surface area contributed by atoms with Crippen LogP contribution in [0.5, 0.6) is 0 Å². The molecule has 2 fully saturated rings. The molecule has 168 valence electrons. The van der Waals surface area contributed by atoms with Crippen molar-refractivity contribution in [1.29, 1.82) is 0 Å². The Morgan fingerprint density at radius 3 is 2.12 bits per heavy atom. The van der Waals surface area contributed by atoms with Gasteiger partial charge in [0.05, 0.1) is 0 Å². The van der Waals surface area contributed by atoms with Crippen LogP contribution in [0.2, 0.25) is 0 Å². The van der Waals surface area contributed by atoms with E-state index in [1.54, 1.807) is 17.0 Å². The van der Waals surface area contributed by atoms with Gasteiger partial charge in [-0.25, -0.2) is 4.39 Å². The summed E-state index contributed by atoms with van der Waals surface area (Å²) >= 11 is 0. The van der Waals surface area contributed by atoms with Crippen molar-refractivity contribution in [3.05, 3.63) is 95.8 Å². The highest BCUT2D eigenvalue weighted by Gasteiger charge is 2.35. The van der Waals surface area contributed by atoms with E-state index in [1.165, 1.54) is 12.1 Å². The molecule has 1 N–H and O–H groups in total. The molecule has 2 aliphatic rings. The number of likely N-dealkylation sites (tertiary alicyclic amines) is 2. The van der Waals surface area contributed by atoms with Crippen LogP contribution < -0.4 is 5.32 Å². The molecule has 1 unspecified atom stereocenters. The standard InChI is InChI=1S/C27H26FN3O2/c28-23-8-4-7-22(15-23)27(33)30-14-13-24(16-30)29-25-17-31(18-25)26(32)21-11-9-20(10-12-21)19-5-2-1-3-6-19/h1-12,15,24-25,29H,13-14,16-18H2. The van der Waals surface area contributed by atoms with Crippen molar-refractivity contribution in [2.45, 2.75) is 18.5 Å². The van der Waals surface area contributed by atoms with Gasteiger partial charge in [-0.05, 0) is 47.9 Å². The first-order valence-electron chi connectivity index (χ1n) is 11.3. The molecule has 0 aromatic heterocycles. The van der Waals surface area contributed by atoms with Crippen molar-refractivity contribution in [3.63, 3.8) is 0 Å². The fraction of sp³-hybridized carbons (Fsp3) is 0.259. The minimum atomic E-state index is -0.399. The number of amides is 2. The minimum Gasteiger partial charge on any atom is -0.337 e. The lowest BCUT2D eigenvalue weighted by atomic mass is 10.0. The monoisotopic (exact) mass is 443 g/mol. The summed E-state index contributed by atoms with van der Waals surface area (Å²) in [5, 5.41) is 3.57. The van der Waals surface area contributed by atoms with Gasteiger partial charge in [-0.2, -0.15) is 0 Å². The van der Waals surface area contributed by atoms with Crippen molar-refractivity contribution < 1.29 is 14.0 Å². The molecule has 5 nitrogen and oxygen atoms in total. The molecule has 0 spiro atoms. The topological polar surface area (TPSA) is 52.7 Å². The van der Waals surface area contributed by atoms with Crippen LogP contribution in [0.4, 0.5) is 4.39 Å². The molecule has 5 rings (SSSR count). The normalized spacial score (nSPS) is 18.3. The molecular weight excluding hydrogens is 417 g/mol. The van der Waals surface area contributed by atoms with E-state index >= 15 is 0 Å². The summed E-state index contributed by atoms with van der Waals surface area (Å²) in [7, 11) is 0. The highest BCUT2D eigenvalue weighted by atomic mass is 19.1. The first-order chi connectivity index (χ1) is 16.1. The van der Waals surface area contributed by atoms with Crippen LogP contribution in [-0.2, 0) is 0 Å². The fourth-order valence-electron chi connectivity index (χ4n) is 4.59. The average Bonchev–Trinajstić information content (AvgIpc) is 3.29.